The van der Waals surface area contributed by atoms with Crippen LogP contribution in [0.3, 0.4) is 0 Å². The topological polar surface area (TPSA) is 120 Å². The first kappa shape index (κ1) is 14.3. The summed E-state index contributed by atoms with van der Waals surface area (Å²) in [6.45, 7) is -0.388. The molecule has 0 radical (unpaired) electrons. The predicted molar refractivity (Wildman–Crippen MR) is 68.6 cm³/mol. The zero-order valence-electron chi connectivity index (χ0n) is 9.92. The molecule has 1 aliphatic rings. The highest BCUT2D eigenvalue weighted by Crippen LogP contribution is 2.30. The Bertz CT molecular complexity index is 496. The second-order valence-corrected chi connectivity index (χ2v) is 4.30. The smallest absolute Gasteiger partial charge is 0.351 e. The number of aliphatic hydroxyl groups excluding tert-OH is 2. The van der Waals surface area contributed by atoms with E-state index in [2.05, 4.69) is 17.6 Å². The second-order valence-electron chi connectivity index (χ2n) is 4.04. The lowest BCUT2D eigenvalue weighted by Gasteiger charge is -2.21. The van der Waals surface area contributed by atoms with Gasteiger partial charge in [0.2, 0.25) is 0 Å². The molecule has 0 unspecified atom stereocenters. The van der Waals surface area contributed by atoms with Gasteiger partial charge >= 0.3 is 5.69 Å². The molecule has 2 rings (SSSR count). The van der Waals surface area contributed by atoms with Gasteiger partial charge in [-0.2, -0.15) is 17.6 Å². The average molecular weight is 289 g/mol. The third-order valence-corrected chi connectivity index (χ3v) is 3.03. The molecule has 1 aliphatic heterocycles. The van der Waals surface area contributed by atoms with E-state index in [4.69, 9.17) is 20.3 Å². The predicted octanol–water partition coefficient (Wildman–Crippen LogP) is -1.65. The highest BCUT2D eigenvalue weighted by atomic mass is 32.1. The molecule has 0 aromatic carbocycles. The first-order valence-corrected chi connectivity index (χ1v) is 6.23. The molecule has 1 fully saturated rings. The van der Waals surface area contributed by atoms with Crippen LogP contribution in [-0.4, -0.2) is 50.6 Å². The van der Waals surface area contributed by atoms with Gasteiger partial charge in [-0.3, -0.25) is 4.57 Å². The van der Waals surface area contributed by atoms with Crippen molar-refractivity contribution in [2.45, 2.75) is 24.5 Å². The number of ether oxygens (including phenoxy) is 2. The van der Waals surface area contributed by atoms with E-state index in [1.54, 1.807) is 0 Å². The van der Waals surface area contributed by atoms with E-state index in [0.29, 0.717) is 0 Å². The van der Waals surface area contributed by atoms with E-state index in [1.807, 2.05) is 0 Å². The van der Waals surface area contributed by atoms with Crippen LogP contribution in [0.1, 0.15) is 6.23 Å². The first-order valence-electron chi connectivity index (χ1n) is 5.60. The maximum Gasteiger partial charge on any atom is 0.351 e. The molecule has 0 aliphatic carbocycles. The largest absolute Gasteiger partial charge is 0.394 e. The molecule has 1 saturated heterocycles. The summed E-state index contributed by atoms with van der Waals surface area (Å²) in [5, 5.41) is 19.1. The van der Waals surface area contributed by atoms with E-state index in [9.17, 15) is 9.90 Å². The maximum absolute atomic E-state index is 11.8. The number of nitrogens with zero attached hydrogens (tertiary/aromatic N) is 2. The summed E-state index contributed by atoms with van der Waals surface area (Å²) in [7, 11) is 0. The molecular weight excluding hydrogens is 274 g/mol. The maximum atomic E-state index is 11.8. The Hall–Kier alpha value is -1.13. The lowest BCUT2D eigenvalue weighted by molar-refractivity contribution is -0.0647. The first-order chi connectivity index (χ1) is 9.08. The standard InChI is InChI=1S/C10H15N3O5S/c11-6-1-2-13(10(16)12-6)9-8(17-4-19)7(15)5(3-14)18-9/h1-2,5,7-9,14-15,19H,3-4H2,(H2,11,12,16)/t5-,7+,8-,9-/m1/s1. The van der Waals surface area contributed by atoms with Gasteiger partial charge in [0.15, 0.2) is 6.23 Å². The van der Waals surface area contributed by atoms with Crippen LogP contribution in [0.2, 0.25) is 0 Å². The van der Waals surface area contributed by atoms with Crippen LogP contribution in [0.25, 0.3) is 0 Å². The molecule has 106 valence electrons. The van der Waals surface area contributed by atoms with Crippen LogP contribution in [0.4, 0.5) is 5.82 Å². The summed E-state index contributed by atoms with van der Waals surface area (Å²) in [6.07, 6.45) is -2.21. The molecule has 19 heavy (non-hydrogen) atoms. The molecular formula is C10H15N3O5S. The Morgan fingerprint density at radius 1 is 1.63 bits per heavy atom. The Balaban J connectivity index is 2.33. The van der Waals surface area contributed by atoms with Crippen molar-refractivity contribution in [3.63, 3.8) is 0 Å². The van der Waals surface area contributed by atoms with E-state index >= 15 is 0 Å². The average Bonchev–Trinajstić information content (AvgIpc) is 2.68. The molecule has 9 heteroatoms. The Kier molecular flexibility index (Phi) is 4.42. The number of hydrogen-bond acceptors (Lipinski definition) is 8. The van der Waals surface area contributed by atoms with E-state index in [1.165, 1.54) is 12.3 Å². The molecule has 4 N–H and O–H groups in total. The van der Waals surface area contributed by atoms with Gasteiger partial charge in [0.1, 0.15) is 24.1 Å². The summed E-state index contributed by atoms with van der Waals surface area (Å²) >= 11 is 3.92. The molecule has 0 saturated carbocycles. The number of aromatic nitrogens is 2. The molecule has 0 amide bonds. The van der Waals surface area contributed by atoms with Crippen molar-refractivity contribution in [3.05, 3.63) is 22.7 Å². The van der Waals surface area contributed by atoms with Gasteiger partial charge in [0.05, 0.1) is 12.5 Å². The van der Waals surface area contributed by atoms with Crippen molar-refractivity contribution in [3.8, 4) is 0 Å². The lowest BCUT2D eigenvalue weighted by atomic mass is 10.1. The number of rotatable bonds is 4. The highest BCUT2D eigenvalue weighted by Gasteiger charge is 2.45. The quantitative estimate of drug-likeness (QED) is 0.387. The molecule has 4 atom stereocenters. The molecule has 1 aromatic rings. The minimum atomic E-state index is -1.06. The summed E-state index contributed by atoms with van der Waals surface area (Å²) in [5.41, 5.74) is 4.78. The molecule has 0 spiro atoms. The number of nitrogen functional groups attached to an aromatic ring is 1. The van der Waals surface area contributed by atoms with Gasteiger partial charge in [-0.1, -0.05) is 0 Å². The fourth-order valence-electron chi connectivity index (χ4n) is 1.98. The van der Waals surface area contributed by atoms with E-state index < -0.39 is 30.2 Å². The Morgan fingerprint density at radius 2 is 2.37 bits per heavy atom. The molecule has 1 aromatic heterocycles. The van der Waals surface area contributed by atoms with E-state index in [-0.39, 0.29) is 18.4 Å². The SMILES string of the molecule is Nc1ccn([C@@H]2O[C@H](CO)[C@H](O)[C@H]2OCS)c(=O)n1. The van der Waals surface area contributed by atoms with Gasteiger partial charge < -0.3 is 25.4 Å². The van der Waals surface area contributed by atoms with Gasteiger partial charge in [-0.25, -0.2) is 4.79 Å². The van der Waals surface area contributed by atoms with Crippen molar-refractivity contribution in [2.24, 2.45) is 0 Å². The van der Waals surface area contributed by atoms with Crippen LogP contribution >= 0.6 is 12.6 Å². The molecule has 2 heterocycles. The van der Waals surface area contributed by atoms with Crippen LogP contribution in [-0.2, 0) is 9.47 Å². The van der Waals surface area contributed by atoms with Crippen LogP contribution in [0.5, 0.6) is 0 Å². The van der Waals surface area contributed by atoms with Crippen molar-refractivity contribution < 1.29 is 19.7 Å². The van der Waals surface area contributed by atoms with Crippen LogP contribution in [0.15, 0.2) is 17.1 Å². The fraction of sp³-hybridized carbons (Fsp3) is 0.600. The second kappa shape index (κ2) is 5.88. The number of anilines is 1. The van der Waals surface area contributed by atoms with Crippen molar-refractivity contribution in [2.75, 3.05) is 18.3 Å². The zero-order valence-corrected chi connectivity index (χ0v) is 10.8. The van der Waals surface area contributed by atoms with Gasteiger partial charge in [-0.05, 0) is 6.07 Å². The van der Waals surface area contributed by atoms with Gasteiger partial charge in [0, 0.05) is 6.20 Å². The van der Waals surface area contributed by atoms with Crippen molar-refractivity contribution in [1.29, 1.82) is 0 Å². The zero-order chi connectivity index (χ0) is 14.0. The van der Waals surface area contributed by atoms with Crippen LogP contribution in [0, 0.1) is 0 Å². The van der Waals surface area contributed by atoms with Crippen LogP contribution < -0.4 is 11.4 Å². The van der Waals surface area contributed by atoms with Crippen molar-refractivity contribution in [1.82, 2.24) is 9.55 Å². The van der Waals surface area contributed by atoms with E-state index in [0.717, 1.165) is 4.57 Å². The number of aliphatic hydroxyl groups is 2. The van der Waals surface area contributed by atoms with Gasteiger partial charge in [0.25, 0.3) is 0 Å². The third-order valence-electron chi connectivity index (χ3n) is 2.89. The summed E-state index contributed by atoms with van der Waals surface area (Å²) in [4.78, 5) is 15.3. The Labute approximate surface area is 114 Å². The lowest BCUT2D eigenvalue weighted by Crippen LogP contribution is -2.38. The minimum Gasteiger partial charge on any atom is -0.394 e. The van der Waals surface area contributed by atoms with Crippen molar-refractivity contribution >= 4 is 18.4 Å². The third kappa shape index (κ3) is 2.74. The number of thiol groups is 1. The normalized spacial score (nSPS) is 30.7. The summed E-state index contributed by atoms with van der Waals surface area (Å²) < 4.78 is 11.8. The molecule has 8 nitrogen and oxygen atoms in total. The summed E-state index contributed by atoms with van der Waals surface area (Å²) in [5.74, 6) is 0.127. The minimum absolute atomic E-state index is 0.0386. The highest BCUT2D eigenvalue weighted by molar-refractivity contribution is 7.80. The monoisotopic (exact) mass is 289 g/mol. The number of nitrogens with two attached hydrogens (primary N) is 1. The van der Waals surface area contributed by atoms with Gasteiger partial charge in [-0.15, -0.1) is 0 Å². The number of hydrogen-bond donors (Lipinski definition) is 4. The Morgan fingerprint density at radius 3 is 2.95 bits per heavy atom. The molecule has 0 bridgehead atoms. The fourth-order valence-corrected chi connectivity index (χ4v) is 2.15. The summed E-state index contributed by atoms with van der Waals surface area (Å²) in [6, 6.07) is 1.43.